The van der Waals surface area contributed by atoms with Gasteiger partial charge in [0.15, 0.2) is 0 Å². The lowest BCUT2D eigenvalue weighted by atomic mass is 10.0. The molecule has 1 rings (SSSR count). The maximum absolute atomic E-state index is 13.0. The van der Waals surface area contributed by atoms with E-state index in [-0.39, 0.29) is 25.0 Å². The minimum Gasteiger partial charge on any atom is -0.508 e. The highest BCUT2D eigenvalue weighted by molar-refractivity contribution is 5.94. The molecule has 0 fully saturated rings. The zero-order chi connectivity index (χ0) is 28.0. The summed E-state index contributed by atoms with van der Waals surface area (Å²) in [5, 5.41) is 44.1. The molecular weight excluding hydrogens is 490 g/mol. The first kappa shape index (κ1) is 31.3. The molecule has 0 aliphatic carbocycles. The Morgan fingerprint density at radius 2 is 1.35 bits per heavy atom. The molecule has 0 aliphatic heterocycles. The van der Waals surface area contributed by atoms with Gasteiger partial charge in [-0.15, -0.1) is 0 Å². The van der Waals surface area contributed by atoms with Crippen molar-refractivity contribution in [1.82, 2.24) is 16.0 Å². The zero-order valence-corrected chi connectivity index (χ0v) is 20.3. The van der Waals surface area contributed by atoms with E-state index in [1.54, 1.807) is 0 Å². The second-order valence-corrected chi connectivity index (χ2v) is 8.40. The number of benzene rings is 1. The summed E-state index contributed by atoms with van der Waals surface area (Å²) < 4.78 is 0. The van der Waals surface area contributed by atoms with E-state index >= 15 is 0 Å². The molecule has 0 saturated heterocycles. The fourth-order valence-electron chi connectivity index (χ4n) is 3.27. The molecule has 4 atom stereocenters. The highest BCUT2D eigenvalue weighted by Gasteiger charge is 2.30. The molecule has 1 aromatic carbocycles. The van der Waals surface area contributed by atoms with E-state index in [0.717, 1.165) is 0 Å². The predicted molar refractivity (Wildman–Crippen MR) is 130 cm³/mol. The van der Waals surface area contributed by atoms with Crippen molar-refractivity contribution in [2.45, 2.75) is 62.7 Å². The first-order valence-electron chi connectivity index (χ1n) is 11.7. The van der Waals surface area contributed by atoms with Gasteiger partial charge < -0.3 is 47.8 Å². The Bertz CT molecular complexity index is 926. The lowest BCUT2D eigenvalue weighted by Crippen LogP contribution is -2.57. The number of phenols is 1. The van der Waals surface area contributed by atoms with E-state index in [2.05, 4.69) is 16.0 Å². The van der Waals surface area contributed by atoms with Crippen LogP contribution in [0.4, 0.5) is 0 Å². The first-order valence-corrected chi connectivity index (χ1v) is 11.7. The summed E-state index contributed by atoms with van der Waals surface area (Å²) >= 11 is 0. The fraction of sp³-hybridized carbons (Fsp3) is 0.522. The third-order valence-electron chi connectivity index (χ3n) is 5.38. The molecule has 0 spiro atoms. The van der Waals surface area contributed by atoms with Crippen molar-refractivity contribution in [1.29, 1.82) is 0 Å². The Hall–Kier alpha value is -3.75. The van der Waals surface area contributed by atoms with Crippen molar-refractivity contribution < 1.29 is 44.4 Å². The van der Waals surface area contributed by atoms with Crippen LogP contribution in [0.25, 0.3) is 0 Å². The molecule has 0 heterocycles. The third kappa shape index (κ3) is 11.7. The van der Waals surface area contributed by atoms with Gasteiger partial charge in [-0.1, -0.05) is 12.1 Å². The number of unbranched alkanes of at least 4 members (excludes halogenated alkanes) is 1. The molecule has 3 amide bonds. The number of carbonyl (C=O) groups excluding carboxylic acids is 3. The minimum absolute atomic E-state index is 0.00757. The maximum atomic E-state index is 13.0. The Balaban J connectivity index is 3.03. The van der Waals surface area contributed by atoms with Crippen LogP contribution in [0.2, 0.25) is 0 Å². The number of aromatic hydroxyl groups is 1. The van der Waals surface area contributed by atoms with Gasteiger partial charge in [0, 0.05) is 12.8 Å². The number of aliphatic hydroxyl groups excluding tert-OH is 1. The van der Waals surface area contributed by atoms with Crippen LogP contribution in [0.3, 0.4) is 0 Å². The van der Waals surface area contributed by atoms with Gasteiger partial charge in [0.05, 0.1) is 6.61 Å². The van der Waals surface area contributed by atoms with E-state index in [0.29, 0.717) is 24.9 Å². The predicted octanol–water partition coefficient (Wildman–Crippen LogP) is -2.21. The number of carbonyl (C=O) groups is 5. The van der Waals surface area contributed by atoms with Crippen LogP contribution in [-0.2, 0) is 30.4 Å². The van der Waals surface area contributed by atoms with Crippen LogP contribution in [-0.4, -0.2) is 87.4 Å². The smallest absolute Gasteiger partial charge is 0.326 e. The Morgan fingerprint density at radius 3 is 1.86 bits per heavy atom. The van der Waals surface area contributed by atoms with Crippen LogP contribution < -0.4 is 27.4 Å². The van der Waals surface area contributed by atoms with E-state index in [4.69, 9.17) is 21.7 Å². The molecule has 0 bridgehead atoms. The molecule has 0 saturated carbocycles. The summed E-state index contributed by atoms with van der Waals surface area (Å²) in [5.41, 5.74) is 11.5. The molecule has 206 valence electrons. The molecule has 37 heavy (non-hydrogen) atoms. The summed E-state index contributed by atoms with van der Waals surface area (Å²) in [6.45, 7) is -0.391. The van der Waals surface area contributed by atoms with E-state index < -0.39 is 66.9 Å². The number of phenolic OH excluding ortho intramolecular Hbond substituents is 1. The molecule has 0 aromatic heterocycles. The average Bonchev–Trinajstić information content (AvgIpc) is 2.85. The maximum Gasteiger partial charge on any atom is 0.326 e. The third-order valence-corrected chi connectivity index (χ3v) is 5.38. The summed E-state index contributed by atoms with van der Waals surface area (Å²) in [5.74, 6) is -5.12. The van der Waals surface area contributed by atoms with Crippen LogP contribution in [0.5, 0.6) is 5.75 Å². The molecule has 14 heteroatoms. The van der Waals surface area contributed by atoms with E-state index in [9.17, 15) is 34.2 Å². The highest BCUT2D eigenvalue weighted by atomic mass is 16.4. The topological polar surface area (TPSA) is 254 Å². The van der Waals surface area contributed by atoms with Crippen molar-refractivity contribution in [3.63, 3.8) is 0 Å². The standard InChI is InChI=1S/C23H35N5O9/c24-10-2-1-3-16(21(34)28-18(23(36)37)11-13-4-6-14(30)7-5-13)27-22(35)17(8-9-19(31)32)26-20(33)15(25)12-29/h4-7,15-18,29-30H,1-3,8-12,24-25H2,(H,26,33)(H,27,35)(H,28,34)(H,31,32)(H,36,37). The number of nitrogens with two attached hydrogens (primary N) is 2. The van der Waals surface area contributed by atoms with Crippen molar-refractivity contribution in [2.75, 3.05) is 13.2 Å². The van der Waals surface area contributed by atoms with Crippen molar-refractivity contribution in [3.05, 3.63) is 29.8 Å². The fourth-order valence-corrected chi connectivity index (χ4v) is 3.27. The summed E-state index contributed by atoms with van der Waals surface area (Å²) in [6.07, 6.45) is 0.120. The first-order chi connectivity index (χ1) is 17.5. The minimum atomic E-state index is -1.38. The van der Waals surface area contributed by atoms with Gasteiger partial charge in [-0.05, 0) is 49.9 Å². The monoisotopic (exact) mass is 525 g/mol. The molecule has 0 aliphatic rings. The number of hydrogen-bond donors (Lipinski definition) is 9. The lowest BCUT2D eigenvalue weighted by molar-refractivity contribution is -0.142. The number of carboxylic acid groups (broad SMARTS) is 2. The summed E-state index contributed by atoms with van der Waals surface area (Å²) in [6, 6.07) is 0.473. The second kappa shape index (κ2) is 16.1. The lowest BCUT2D eigenvalue weighted by Gasteiger charge is -2.25. The van der Waals surface area contributed by atoms with E-state index in [1.165, 1.54) is 24.3 Å². The highest BCUT2D eigenvalue weighted by Crippen LogP contribution is 2.12. The van der Waals surface area contributed by atoms with Crippen molar-refractivity contribution in [2.24, 2.45) is 11.5 Å². The molecule has 14 nitrogen and oxygen atoms in total. The van der Waals surface area contributed by atoms with Crippen molar-refractivity contribution in [3.8, 4) is 5.75 Å². The van der Waals surface area contributed by atoms with E-state index in [1.807, 2.05) is 0 Å². The summed E-state index contributed by atoms with van der Waals surface area (Å²) in [7, 11) is 0. The Labute approximate surface area is 213 Å². The van der Waals surface area contributed by atoms with Gasteiger partial charge >= 0.3 is 11.9 Å². The van der Waals surface area contributed by atoms with Gasteiger partial charge in [0.25, 0.3) is 0 Å². The zero-order valence-electron chi connectivity index (χ0n) is 20.3. The summed E-state index contributed by atoms with van der Waals surface area (Å²) in [4.78, 5) is 60.8. The van der Waals surface area contributed by atoms with Gasteiger partial charge in [-0.25, -0.2) is 4.79 Å². The largest absolute Gasteiger partial charge is 0.508 e. The molecule has 11 N–H and O–H groups in total. The number of aliphatic hydroxyl groups is 1. The number of hydrogen-bond acceptors (Lipinski definition) is 9. The number of nitrogens with one attached hydrogen (secondary N) is 3. The van der Waals surface area contributed by atoms with Crippen LogP contribution in [0, 0.1) is 0 Å². The van der Waals surface area contributed by atoms with Gasteiger partial charge in [-0.3, -0.25) is 19.2 Å². The van der Waals surface area contributed by atoms with Gasteiger partial charge in [-0.2, -0.15) is 0 Å². The molecular formula is C23H35N5O9. The molecule has 4 unspecified atom stereocenters. The SMILES string of the molecule is NCCCCC(NC(=O)C(CCC(=O)O)NC(=O)C(N)CO)C(=O)NC(Cc1ccc(O)cc1)C(=O)O. The van der Waals surface area contributed by atoms with Crippen LogP contribution in [0.1, 0.15) is 37.7 Å². The number of rotatable bonds is 17. The van der Waals surface area contributed by atoms with Gasteiger partial charge in [0.2, 0.25) is 17.7 Å². The van der Waals surface area contributed by atoms with Crippen molar-refractivity contribution >= 4 is 29.7 Å². The second-order valence-electron chi connectivity index (χ2n) is 8.40. The molecule has 0 radical (unpaired) electrons. The van der Waals surface area contributed by atoms with Crippen LogP contribution in [0.15, 0.2) is 24.3 Å². The Morgan fingerprint density at radius 1 is 0.811 bits per heavy atom. The average molecular weight is 526 g/mol. The number of amides is 3. The number of aliphatic carboxylic acids is 2. The number of carboxylic acids is 2. The Kier molecular flexibility index (Phi) is 13.6. The van der Waals surface area contributed by atoms with Gasteiger partial charge in [0.1, 0.15) is 29.9 Å². The normalized spacial score (nSPS) is 14.0. The molecule has 1 aromatic rings. The van der Waals surface area contributed by atoms with Crippen LogP contribution >= 0.6 is 0 Å². The quantitative estimate of drug-likeness (QED) is 0.0985.